The van der Waals surface area contributed by atoms with E-state index >= 15 is 0 Å². The number of aromatic nitrogens is 2. The number of rotatable bonds is 5. The van der Waals surface area contributed by atoms with Gasteiger partial charge in [-0.05, 0) is 35.4 Å². The normalized spacial score (nSPS) is 10.7. The van der Waals surface area contributed by atoms with E-state index in [9.17, 15) is 0 Å². The fourth-order valence-corrected chi connectivity index (χ4v) is 1.89. The fourth-order valence-electron chi connectivity index (χ4n) is 1.19. The monoisotopic (exact) mass is 294 g/mol. The molecule has 4 heteroatoms. The van der Waals surface area contributed by atoms with Gasteiger partial charge in [0.2, 0.25) is 0 Å². The summed E-state index contributed by atoms with van der Waals surface area (Å²) in [6, 6.07) is 0. The average molecular weight is 294 g/mol. The zero-order valence-corrected chi connectivity index (χ0v) is 9.99. The molecular formula is C9H15IN2O. The van der Waals surface area contributed by atoms with Crippen molar-refractivity contribution in [3.63, 3.8) is 0 Å². The van der Waals surface area contributed by atoms with Gasteiger partial charge in [0.15, 0.2) is 0 Å². The average Bonchev–Trinajstić information content (AvgIpc) is 2.45. The smallest absolute Gasteiger partial charge is 0.0757 e. The van der Waals surface area contributed by atoms with Crippen molar-refractivity contribution < 1.29 is 5.11 Å². The first-order chi connectivity index (χ1) is 6.27. The van der Waals surface area contributed by atoms with Gasteiger partial charge < -0.3 is 5.11 Å². The lowest BCUT2D eigenvalue weighted by Gasteiger charge is -1.97. The summed E-state index contributed by atoms with van der Waals surface area (Å²) in [5.41, 5.74) is 1.18. The minimum absolute atomic E-state index is 0.236. The number of hydrogen-bond acceptors (Lipinski definition) is 2. The molecule has 0 unspecified atom stereocenters. The first-order valence-electron chi connectivity index (χ1n) is 4.60. The van der Waals surface area contributed by atoms with Crippen LogP contribution in [-0.2, 0) is 13.0 Å². The van der Waals surface area contributed by atoms with Gasteiger partial charge in [-0.2, -0.15) is 5.10 Å². The quantitative estimate of drug-likeness (QED) is 0.841. The number of halogens is 1. The number of nitrogens with zero attached hydrogens (tertiary/aromatic N) is 2. The molecule has 0 saturated heterocycles. The number of aryl methyl sites for hydroxylation is 2. The van der Waals surface area contributed by atoms with E-state index in [-0.39, 0.29) is 6.61 Å². The summed E-state index contributed by atoms with van der Waals surface area (Å²) >= 11 is 2.31. The van der Waals surface area contributed by atoms with Crippen LogP contribution < -0.4 is 0 Å². The van der Waals surface area contributed by atoms with E-state index in [0.29, 0.717) is 0 Å². The van der Waals surface area contributed by atoms with E-state index in [1.807, 2.05) is 10.9 Å². The highest BCUT2D eigenvalue weighted by Gasteiger charge is 2.04. The summed E-state index contributed by atoms with van der Waals surface area (Å²) in [4.78, 5) is 0. The van der Waals surface area contributed by atoms with Crippen LogP contribution in [0.1, 0.15) is 25.5 Å². The molecule has 0 aromatic carbocycles. The molecule has 13 heavy (non-hydrogen) atoms. The van der Waals surface area contributed by atoms with E-state index in [4.69, 9.17) is 5.11 Å². The Balaban J connectivity index is 2.59. The number of hydrogen-bond donors (Lipinski definition) is 1. The highest BCUT2D eigenvalue weighted by atomic mass is 127. The van der Waals surface area contributed by atoms with Gasteiger partial charge in [-0.15, -0.1) is 0 Å². The van der Waals surface area contributed by atoms with Gasteiger partial charge in [0, 0.05) is 19.3 Å². The second-order valence-electron chi connectivity index (χ2n) is 3.01. The third-order valence-electron chi connectivity index (χ3n) is 1.82. The standard InChI is InChI=1S/C9H15IN2O/c1-2-4-9-8(10)7-12(11-9)5-3-6-13/h7,13H,2-6H2,1H3. The Morgan fingerprint density at radius 1 is 1.62 bits per heavy atom. The molecule has 0 aliphatic carbocycles. The maximum Gasteiger partial charge on any atom is 0.0757 e. The Bertz CT molecular complexity index is 260. The molecule has 0 fully saturated rings. The maximum atomic E-state index is 8.66. The van der Waals surface area contributed by atoms with Crippen molar-refractivity contribution in [2.24, 2.45) is 0 Å². The molecule has 0 amide bonds. The van der Waals surface area contributed by atoms with Crippen LogP contribution >= 0.6 is 22.6 Å². The molecule has 0 bridgehead atoms. The van der Waals surface area contributed by atoms with Crippen LogP contribution in [0.4, 0.5) is 0 Å². The Kier molecular flexibility index (Phi) is 4.72. The molecule has 1 rings (SSSR count). The predicted octanol–water partition coefficient (Wildman–Crippen LogP) is 1.82. The van der Waals surface area contributed by atoms with Crippen LogP contribution in [-0.4, -0.2) is 21.5 Å². The lowest BCUT2D eigenvalue weighted by atomic mass is 10.3. The van der Waals surface area contributed by atoms with Crippen molar-refractivity contribution in [2.75, 3.05) is 6.61 Å². The van der Waals surface area contributed by atoms with E-state index in [2.05, 4.69) is 34.6 Å². The maximum absolute atomic E-state index is 8.66. The van der Waals surface area contributed by atoms with Gasteiger partial charge in [0.1, 0.15) is 0 Å². The van der Waals surface area contributed by atoms with Crippen molar-refractivity contribution in [1.82, 2.24) is 9.78 Å². The van der Waals surface area contributed by atoms with E-state index in [0.717, 1.165) is 25.8 Å². The zero-order valence-electron chi connectivity index (χ0n) is 7.83. The second kappa shape index (κ2) is 5.59. The molecule has 0 saturated carbocycles. The largest absolute Gasteiger partial charge is 0.396 e. The van der Waals surface area contributed by atoms with E-state index in [1.165, 1.54) is 9.26 Å². The molecule has 0 atom stereocenters. The SMILES string of the molecule is CCCc1nn(CCCO)cc1I. The van der Waals surface area contributed by atoms with Crippen LogP contribution in [0.15, 0.2) is 6.20 Å². The minimum atomic E-state index is 0.236. The van der Waals surface area contributed by atoms with Gasteiger partial charge >= 0.3 is 0 Å². The van der Waals surface area contributed by atoms with Crippen molar-refractivity contribution in [2.45, 2.75) is 32.7 Å². The van der Waals surface area contributed by atoms with Crippen molar-refractivity contribution in [3.05, 3.63) is 15.5 Å². The highest BCUT2D eigenvalue weighted by Crippen LogP contribution is 2.12. The summed E-state index contributed by atoms with van der Waals surface area (Å²) in [6.45, 7) is 3.21. The Morgan fingerprint density at radius 2 is 2.38 bits per heavy atom. The summed E-state index contributed by atoms with van der Waals surface area (Å²) in [5, 5.41) is 13.1. The van der Waals surface area contributed by atoms with Crippen molar-refractivity contribution >= 4 is 22.6 Å². The fraction of sp³-hybridized carbons (Fsp3) is 0.667. The molecule has 3 nitrogen and oxygen atoms in total. The lowest BCUT2D eigenvalue weighted by Crippen LogP contribution is -2.01. The first kappa shape index (κ1) is 11.0. The molecule has 74 valence electrons. The van der Waals surface area contributed by atoms with Gasteiger partial charge in [-0.3, -0.25) is 4.68 Å². The molecule has 1 aromatic rings. The Hall–Kier alpha value is -0.100. The lowest BCUT2D eigenvalue weighted by molar-refractivity contribution is 0.277. The third kappa shape index (κ3) is 3.27. The van der Waals surface area contributed by atoms with Crippen LogP contribution in [0.2, 0.25) is 0 Å². The van der Waals surface area contributed by atoms with Gasteiger partial charge in [-0.1, -0.05) is 13.3 Å². The second-order valence-corrected chi connectivity index (χ2v) is 4.18. The van der Waals surface area contributed by atoms with Gasteiger partial charge in [0.05, 0.1) is 9.26 Å². The zero-order chi connectivity index (χ0) is 9.68. The molecule has 0 radical (unpaired) electrons. The summed E-state index contributed by atoms with van der Waals surface area (Å²) in [6.07, 6.45) is 5.00. The predicted molar refractivity (Wildman–Crippen MR) is 60.6 cm³/mol. The first-order valence-corrected chi connectivity index (χ1v) is 5.68. The molecule has 0 aliphatic rings. The Labute approximate surface area is 92.3 Å². The van der Waals surface area contributed by atoms with Crippen LogP contribution in [0.3, 0.4) is 0 Å². The molecular weight excluding hydrogens is 279 g/mol. The van der Waals surface area contributed by atoms with Crippen LogP contribution in [0.5, 0.6) is 0 Å². The molecule has 1 N–H and O–H groups in total. The van der Waals surface area contributed by atoms with E-state index < -0.39 is 0 Å². The summed E-state index contributed by atoms with van der Waals surface area (Å²) in [5.74, 6) is 0. The van der Waals surface area contributed by atoms with Crippen molar-refractivity contribution in [1.29, 1.82) is 0 Å². The van der Waals surface area contributed by atoms with Crippen LogP contribution in [0.25, 0.3) is 0 Å². The number of aliphatic hydroxyl groups excluding tert-OH is 1. The van der Waals surface area contributed by atoms with E-state index in [1.54, 1.807) is 0 Å². The third-order valence-corrected chi connectivity index (χ3v) is 2.72. The summed E-state index contributed by atoms with van der Waals surface area (Å²) < 4.78 is 3.15. The number of aliphatic hydroxyl groups is 1. The molecule has 1 aromatic heterocycles. The molecule has 0 spiro atoms. The highest BCUT2D eigenvalue weighted by molar-refractivity contribution is 14.1. The molecule has 0 aliphatic heterocycles. The summed E-state index contributed by atoms with van der Waals surface area (Å²) in [7, 11) is 0. The van der Waals surface area contributed by atoms with Gasteiger partial charge in [0.25, 0.3) is 0 Å². The van der Waals surface area contributed by atoms with Crippen LogP contribution in [0, 0.1) is 3.57 Å². The minimum Gasteiger partial charge on any atom is -0.396 e. The Morgan fingerprint density at radius 3 is 3.00 bits per heavy atom. The van der Waals surface area contributed by atoms with Crippen molar-refractivity contribution in [3.8, 4) is 0 Å². The van der Waals surface area contributed by atoms with Gasteiger partial charge in [-0.25, -0.2) is 0 Å². The topological polar surface area (TPSA) is 38.0 Å². The molecule has 1 heterocycles.